The number of hydrogen-bond acceptors (Lipinski definition) is 5. The highest BCUT2D eigenvalue weighted by molar-refractivity contribution is 7.95. The van der Waals surface area contributed by atoms with Crippen molar-refractivity contribution < 1.29 is 21.6 Å². The predicted octanol–water partition coefficient (Wildman–Crippen LogP) is 1.03. The molecule has 0 aromatic heterocycles. The smallest absolute Gasteiger partial charge is 0.180 e. The van der Waals surface area contributed by atoms with Gasteiger partial charge in [0, 0.05) is 11.8 Å². The lowest BCUT2D eigenvalue weighted by Gasteiger charge is -2.11. The first kappa shape index (κ1) is 16.8. The lowest BCUT2D eigenvalue weighted by molar-refractivity contribution is 0.0991. The van der Waals surface area contributed by atoms with Crippen molar-refractivity contribution in [2.75, 3.05) is 17.8 Å². The van der Waals surface area contributed by atoms with Crippen LogP contribution in [0.2, 0.25) is 0 Å². The summed E-state index contributed by atoms with van der Waals surface area (Å²) in [5.74, 6) is -1.52. The molecule has 0 saturated heterocycles. The van der Waals surface area contributed by atoms with Crippen LogP contribution >= 0.6 is 0 Å². The molecule has 0 aliphatic carbocycles. The zero-order valence-corrected chi connectivity index (χ0v) is 13.3. The van der Waals surface area contributed by atoms with Crippen LogP contribution in [0.25, 0.3) is 0 Å². The number of sulfone groups is 2. The Labute approximate surface area is 119 Å². The van der Waals surface area contributed by atoms with Crippen molar-refractivity contribution in [3.05, 3.63) is 35.4 Å². The van der Waals surface area contributed by atoms with Crippen molar-refractivity contribution in [1.29, 1.82) is 0 Å². The van der Waals surface area contributed by atoms with Crippen LogP contribution in [0.4, 0.5) is 0 Å². The molecule has 0 fully saturated rings. The highest BCUT2D eigenvalue weighted by atomic mass is 32.2. The van der Waals surface area contributed by atoms with E-state index in [1.165, 1.54) is 6.92 Å². The van der Waals surface area contributed by atoms with Gasteiger partial charge >= 0.3 is 0 Å². The third-order valence-corrected chi connectivity index (χ3v) is 6.25. The third kappa shape index (κ3) is 4.72. The standard InChI is InChI=1S/C13H18O5S2/c1-10-4-6-12(7-5-10)13(14)11(2)20(17,18)9-8-19(3,15)16/h4-7,11H,8-9H2,1-3H3. The maximum absolute atomic E-state index is 12.1. The topological polar surface area (TPSA) is 85.3 Å². The van der Waals surface area contributed by atoms with Crippen LogP contribution in [0.1, 0.15) is 22.8 Å². The highest BCUT2D eigenvalue weighted by Gasteiger charge is 2.29. The van der Waals surface area contributed by atoms with Crippen molar-refractivity contribution in [2.45, 2.75) is 19.1 Å². The van der Waals surface area contributed by atoms with Gasteiger partial charge in [0.2, 0.25) is 0 Å². The molecule has 0 radical (unpaired) electrons. The first-order valence-electron chi connectivity index (χ1n) is 6.03. The lowest BCUT2D eigenvalue weighted by Crippen LogP contribution is -2.31. The molecule has 20 heavy (non-hydrogen) atoms. The molecular formula is C13H18O5S2. The fourth-order valence-corrected chi connectivity index (χ4v) is 4.52. The van der Waals surface area contributed by atoms with Crippen LogP contribution < -0.4 is 0 Å². The second-order valence-electron chi connectivity index (χ2n) is 4.87. The van der Waals surface area contributed by atoms with Crippen molar-refractivity contribution in [3.8, 4) is 0 Å². The summed E-state index contributed by atoms with van der Waals surface area (Å²) in [7, 11) is -7.16. The Morgan fingerprint density at radius 1 is 1.05 bits per heavy atom. The Balaban J connectivity index is 2.90. The Kier molecular flexibility index (Phi) is 5.10. The van der Waals surface area contributed by atoms with Crippen LogP contribution in [-0.4, -0.2) is 45.6 Å². The van der Waals surface area contributed by atoms with Crippen LogP contribution in [0.15, 0.2) is 24.3 Å². The molecule has 0 aliphatic heterocycles. The van der Waals surface area contributed by atoms with Gasteiger partial charge in [-0.2, -0.15) is 0 Å². The van der Waals surface area contributed by atoms with Gasteiger partial charge in [-0.15, -0.1) is 0 Å². The summed E-state index contributed by atoms with van der Waals surface area (Å²) in [5, 5.41) is -1.24. The number of hydrogen-bond donors (Lipinski definition) is 0. The zero-order valence-electron chi connectivity index (χ0n) is 11.7. The minimum atomic E-state index is -3.78. The fourth-order valence-electron chi connectivity index (χ4n) is 1.56. The Bertz CT molecular complexity index is 685. The van der Waals surface area contributed by atoms with Gasteiger partial charge in [0.15, 0.2) is 15.6 Å². The van der Waals surface area contributed by atoms with E-state index in [4.69, 9.17) is 0 Å². The second-order valence-corrected chi connectivity index (χ2v) is 9.57. The summed E-state index contributed by atoms with van der Waals surface area (Å²) in [6, 6.07) is 6.59. The van der Waals surface area contributed by atoms with Gasteiger partial charge in [-0.05, 0) is 13.8 Å². The van der Waals surface area contributed by atoms with E-state index in [0.717, 1.165) is 11.8 Å². The van der Waals surface area contributed by atoms with Gasteiger partial charge in [-0.1, -0.05) is 29.8 Å². The summed E-state index contributed by atoms with van der Waals surface area (Å²) >= 11 is 0. The number of ketones is 1. The average Bonchev–Trinajstić information content (AvgIpc) is 2.35. The average molecular weight is 318 g/mol. The number of benzene rings is 1. The Hall–Kier alpha value is -1.21. The summed E-state index contributed by atoms with van der Waals surface area (Å²) in [6.07, 6.45) is 0.967. The molecule has 1 aromatic carbocycles. The third-order valence-electron chi connectivity index (χ3n) is 2.98. The van der Waals surface area contributed by atoms with E-state index in [1.807, 2.05) is 6.92 Å². The monoisotopic (exact) mass is 318 g/mol. The predicted molar refractivity (Wildman–Crippen MR) is 78.5 cm³/mol. The van der Waals surface area contributed by atoms with E-state index >= 15 is 0 Å². The number of aryl methyl sites for hydroxylation is 1. The van der Waals surface area contributed by atoms with E-state index in [0.29, 0.717) is 5.56 Å². The minimum Gasteiger partial charge on any atom is -0.293 e. The van der Waals surface area contributed by atoms with Crippen LogP contribution in [0.5, 0.6) is 0 Å². The molecule has 0 heterocycles. The van der Waals surface area contributed by atoms with Gasteiger partial charge < -0.3 is 0 Å². The van der Waals surface area contributed by atoms with Crippen LogP contribution in [0.3, 0.4) is 0 Å². The van der Waals surface area contributed by atoms with E-state index in [-0.39, 0.29) is 0 Å². The molecule has 1 unspecified atom stereocenters. The Morgan fingerprint density at radius 3 is 2.00 bits per heavy atom. The van der Waals surface area contributed by atoms with Gasteiger partial charge in [0.05, 0.1) is 11.5 Å². The van der Waals surface area contributed by atoms with Gasteiger partial charge in [0.25, 0.3) is 0 Å². The van der Waals surface area contributed by atoms with Crippen molar-refractivity contribution in [2.24, 2.45) is 0 Å². The molecule has 5 nitrogen and oxygen atoms in total. The number of Topliss-reactive ketones (excluding diaryl/α,β-unsaturated/α-hetero) is 1. The summed E-state index contributed by atoms with van der Waals surface area (Å²) in [4.78, 5) is 12.1. The van der Waals surface area contributed by atoms with Crippen molar-refractivity contribution in [3.63, 3.8) is 0 Å². The minimum absolute atomic E-state index is 0.311. The van der Waals surface area contributed by atoms with Gasteiger partial charge in [0.1, 0.15) is 15.1 Å². The number of rotatable bonds is 6. The SMILES string of the molecule is Cc1ccc(C(=O)C(C)S(=O)(=O)CCS(C)(=O)=O)cc1. The quantitative estimate of drug-likeness (QED) is 0.731. The molecular weight excluding hydrogens is 300 g/mol. The normalized spacial score (nSPS) is 13.9. The molecule has 0 saturated carbocycles. The van der Waals surface area contributed by atoms with Gasteiger partial charge in [-0.3, -0.25) is 4.79 Å². The molecule has 0 aliphatic rings. The molecule has 0 N–H and O–H groups in total. The fraction of sp³-hybridized carbons (Fsp3) is 0.462. The zero-order chi connectivity index (χ0) is 15.6. The van der Waals surface area contributed by atoms with Gasteiger partial charge in [-0.25, -0.2) is 16.8 Å². The summed E-state index contributed by atoms with van der Waals surface area (Å²) in [6.45, 7) is 3.15. The maximum atomic E-state index is 12.1. The van der Waals surface area contributed by atoms with E-state index < -0.39 is 42.2 Å². The molecule has 0 amide bonds. The van der Waals surface area contributed by atoms with Crippen LogP contribution in [-0.2, 0) is 19.7 Å². The van der Waals surface area contributed by atoms with Crippen LogP contribution in [0, 0.1) is 6.92 Å². The highest BCUT2D eigenvalue weighted by Crippen LogP contribution is 2.12. The van der Waals surface area contributed by atoms with E-state index in [1.54, 1.807) is 24.3 Å². The molecule has 7 heteroatoms. The van der Waals surface area contributed by atoms with E-state index in [9.17, 15) is 21.6 Å². The second kappa shape index (κ2) is 6.05. The number of carbonyl (C=O) groups is 1. The maximum Gasteiger partial charge on any atom is 0.180 e. The van der Waals surface area contributed by atoms with Crippen molar-refractivity contribution >= 4 is 25.5 Å². The largest absolute Gasteiger partial charge is 0.293 e. The Morgan fingerprint density at radius 2 is 1.55 bits per heavy atom. The molecule has 112 valence electrons. The summed E-state index contributed by atoms with van der Waals surface area (Å²) < 4.78 is 46.0. The molecule has 0 bridgehead atoms. The summed E-state index contributed by atoms with van der Waals surface area (Å²) in [5.41, 5.74) is 1.28. The number of carbonyl (C=O) groups excluding carboxylic acids is 1. The molecule has 1 aromatic rings. The first-order chi connectivity index (χ1) is 9.03. The van der Waals surface area contributed by atoms with E-state index in [2.05, 4.69) is 0 Å². The first-order valence-corrected chi connectivity index (χ1v) is 9.81. The molecule has 1 rings (SSSR count). The molecule has 1 atom stereocenters. The lowest BCUT2D eigenvalue weighted by atomic mass is 10.1. The molecule has 0 spiro atoms. The van der Waals surface area contributed by atoms with Crippen molar-refractivity contribution in [1.82, 2.24) is 0 Å².